The molecule has 6 rings (SSSR count). The molecule has 2 nitrogen and oxygen atoms in total. The Labute approximate surface area is 197 Å². The van der Waals surface area contributed by atoms with Gasteiger partial charge in [0.05, 0.1) is 0 Å². The quantitative estimate of drug-likeness (QED) is 0.304. The fourth-order valence-electron chi connectivity index (χ4n) is 6.29. The van der Waals surface area contributed by atoms with Crippen molar-refractivity contribution in [2.45, 2.75) is 58.9 Å². The van der Waals surface area contributed by atoms with Gasteiger partial charge < -0.3 is 0 Å². The van der Waals surface area contributed by atoms with Crippen LogP contribution in [0.4, 0.5) is 0 Å². The summed E-state index contributed by atoms with van der Waals surface area (Å²) in [6.45, 7) is 9.21. The number of aromatic nitrogens is 2. The fraction of sp³-hybridized carbons (Fsp3) is 0.355. The lowest BCUT2D eigenvalue weighted by Crippen LogP contribution is -2.46. The lowest BCUT2D eigenvalue weighted by molar-refractivity contribution is -0.725. The summed E-state index contributed by atoms with van der Waals surface area (Å²) in [5, 5.41) is 2.67. The molecule has 1 saturated carbocycles. The second kappa shape index (κ2) is 7.80. The Bertz CT molecular complexity index is 1360. The van der Waals surface area contributed by atoms with E-state index in [9.17, 15) is 0 Å². The monoisotopic (exact) mass is 433 g/mol. The van der Waals surface area contributed by atoms with Crippen molar-refractivity contribution in [1.29, 1.82) is 0 Å². The summed E-state index contributed by atoms with van der Waals surface area (Å²) >= 11 is 0. The highest BCUT2D eigenvalue weighted by Crippen LogP contribution is 2.50. The van der Waals surface area contributed by atoms with Crippen LogP contribution >= 0.6 is 0 Å². The van der Waals surface area contributed by atoms with E-state index in [0.717, 1.165) is 11.6 Å². The molecule has 2 aliphatic rings. The molecule has 0 radical (unpaired) electrons. The van der Waals surface area contributed by atoms with E-state index in [1.165, 1.54) is 63.5 Å². The molecule has 0 N–H and O–H groups in total. The molecule has 2 heteroatoms. The van der Waals surface area contributed by atoms with Crippen LogP contribution in [0, 0.1) is 25.7 Å². The first-order chi connectivity index (χ1) is 16.0. The normalized spacial score (nSPS) is 22.0. The largest absolute Gasteiger partial charge is 0.287 e. The van der Waals surface area contributed by atoms with Crippen LogP contribution in [0.3, 0.4) is 0 Å². The van der Waals surface area contributed by atoms with Crippen LogP contribution in [0.25, 0.3) is 33.3 Å². The second-order valence-corrected chi connectivity index (χ2v) is 10.4. The maximum atomic E-state index is 5.05. The summed E-state index contributed by atoms with van der Waals surface area (Å²) in [6, 6.07) is 23.3. The molecule has 166 valence electrons. The first kappa shape index (κ1) is 20.6. The maximum absolute atomic E-state index is 5.05. The molecule has 2 heterocycles. The Morgan fingerprint density at radius 2 is 1.67 bits per heavy atom. The van der Waals surface area contributed by atoms with E-state index in [1.807, 2.05) is 0 Å². The fourth-order valence-corrected chi connectivity index (χ4v) is 6.29. The van der Waals surface area contributed by atoms with Gasteiger partial charge >= 0.3 is 0 Å². The third kappa shape index (κ3) is 3.39. The minimum absolute atomic E-state index is 0.514. The summed E-state index contributed by atoms with van der Waals surface area (Å²) in [6.07, 6.45) is 6.01. The molecule has 3 aromatic carbocycles. The van der Waals surface area contributed by atoms with E-state index >= 15 is 0 Å². The Hall–Kier alpha value is -3.00. The number of aryl methyl sites for hydroxylation is 2. The third-order valence-electron chi connectivity index (χ3n) is 8.17. The van der Waals surface area contributed by atoms with Gasteiger partial charge in [-0.25, -0.2) is 4.57 Å². The Kier molecular flexibility index (Phi) is 4.87. The van der Waals surface area contributed by atoms with Crippen LogP contribution in [-0.2, 0) is 0 Å². The SMILES string of the molecule is CCC1c2cc3ccccc3cc2-c2cc(-c3cc(C)ccc3C)nc[n+]2C(C2CC2)C1C. The molecule has 3 atom stereocenters. The van der Waals surface area contributed by atoms with Crippen LogP contribution in [0.5, 0.6) is 0 Å². The van der Waals surface area contributed by atoms with Gasteiger partial charge in [0, 0.05) is 23.1 Å². The van der Waals surface area contributed by atoms with Crippen LogP contribution < -0.4 is 4.57 Å². The third-order valence-corrected chi connectivity index (χ3v) is 8.17. The zero-order valence-corrected chi connectivity index (χ0v) is 20.2. The number of rotatable bonds is 3. The number of nitrogens with zero attached hydrogens (tertiary/aromatic N) is 2. The molecule has 0 bridgehead atoms. The molecule has 3 unspecified atom stereocenters. The second-order valence-electron chi connectivity index (χ2n) is 10.4. The Morgan fingerprint density at radius 3 is 2.39 bits per heavy atom. The lowest BCUT2D eigenvalue weighted by Gasteiger charge is -2.27. The van der Waals surface area contributed by atoms with Crippen molar-refractivity contribution in [2.24, 2.45) is 11.8 Å². The lowest BCUT2D eigenvalue weighted by atomic mass is 9.78. The average Bonchev–Trinajstić information content (AvgIpc) is 3.66. The minimum Gasteiger partial charge on any atom is -0.226 e. The van der Waals surface area contributed by atoms with Gasteiger partial charge in [-0.15, -0.1) is 0 Å². The van der Waals surface area contributed by atoms with Crippen molar-refractivity contribution in [2.75, 3.05) is 0 Å². The van der Waals surface area contributed by atoms with Gasteiger partial charge in [0.25, 0.3) is 6.33 Å². The highest BCUT2D eigenvalue weighted by atomic mass is 15.1. The first-order valence-electron chi connectivity index (χ1n) is 12.6. The van der Waals surface area contributed by atoms with E-state index in [4.69, 9.17) is 4.98 Å². The van der Waals surface area contributed by atoms with Crippen LogP contribution in [0.2, 0.25) is 0 Å². The standard InChI is InChI=1S/C31H33N2/c1-5-25-21(4)31(22-12-13-22)33-18-32-29(26-14-19(2)10-11-20(26)3)17-30(33)28-16-24-9-7-6-8-23(24)15-27(25)28/h6-11,14-18,21-22,25,31H,5,12-13H2,1-4H3/q+1. The number of fused-ring (bicyclic) bond motifs is 4. The van der Waals surface area contributed by atoms with Crippen molar-refractivity contribution in [3.8, 4) is 22.5 Å². The molecule has 1 fully saturated rings. The van der Waals surface area contributed by atoms with Gasteiger partial charge in [-0.2, -0.15) is 0 Å². The Morgan fingerprint density at radius 1 is 0.909 bits per heavy atom. The molecule has 0 amide bonds. The molecular weight excluding hydrogens is 400 g/mol. The predicted octanol–water partition coefficient (Wildman–Crippen LogP) is 7.57. The van der Waals surface area contributed by atoms with E-state index < -0.39 is 0 Å². The van der Waals surface area contributed by atoms with E-state index in [1.54, 1.807) is 0 Å². The number of benzene rings is 3. The zero-order valence-electron chi connectivity index (χ0n) is 20.2. The Balaban J connectivity index is 1.65. The average molecular weight is 434 g/mol. The predicted molar refractivity (Wildman–Crippen MR) is 136 cm³/mol. The topological polar surface area (TPSA) is 16.8 Å². The van der Waals surface area contributed by atoms with Crippen molar-refractivity contribution in [3.63, 3.8) is 0 Å². The molecule has 0 saturated heterocycles. The molecule has 1 aliphatic carbocycles. The molecule has 1 aliphatic heterocycles. The summed E-state index contributed by atoms with van der Waals surface area (Å²) < 4.78 is 2.54. The first-order valence-corrected chi connectivity index (χ1v) is 12.6. The van der Waals surface area contributed by atoms with Crippen molar-refractivity contribution >= 4 is 10.8 Å². The molecule has 4 aromatic rings. The van der Waals surface area contributed by atoms with Crippen LogP contribution in [0.15, 0.2) is 67.0 Å². The van der Waals surface area contributed by atoms with E-state index in [2.05, 4.69) is 99.3 Å². The van der Waals surface area contributed by atoms with Gasteiger partial charge in [0.2, 0.25) is 0 Å². The van der Waals surface area contributed by atoms with Crippen LogP contribution in [0.1, 0.15) is 61.8 Å². The van der Waals surface area contributed by atoms with Crippen molar-refractivity contribution < 1.29 is 4.57 Å². The highest BCUT2D eigenvalue weighted by molar-refractivity contribution is 5.89. The highest BCUT2D eigenvalue weighted by Gasteiger charge is 2.45. The molecular formula is C31H33N2+. The summed E-state index contributed by atoms with van der Waals surface area (Å²) in [5.74, 6) is 1.91. The minimum atomic E-state index is 0.514. The maximum Gasteiger partial charge on any atom is 0.287 e. The zero-order chi connectivity index (χ0) is 22.7. The summed E-state index contributed by atoms with van der Waals surface area (Å²) in [5.41, 5.74) is 9.13. The van der Waals surface area contributed by atoms with Crippen LogP contribution in [-0.4, -0.2) is 4.98 Å². The number of hydrogen-bond donors (Lipinski definition) is 0. The smallest absolute Gasteiger partial charge is 0.226 e. The number of hydrogen-bond acceptors (Lipinski definition) is 1. The summed E-state index contributed by atoms with van der Waals surface area (Å²) in [7, 11) is 0. The molecule has 33 heavy (non-hydrogen) atoms. The van der Waals surface area contributed by atoms with Gasteiger partial charge in [-0.3, -0.25) is 0 Å². The van der Waals surface area contributed by atoms with E-state index in [0.29, 0.717) is 17.9 Å². The summed E-state index contributed by atoms with van der Waals surface area (Å²) in [4.78, 5) is 5.05. The van der Waals surface area contributed by atoms with Gasteiger partial charge in [0.15, 0.2) is 5.69 Å². The van der Waals surface area contributed by atoms with Gasteiger partial charge in [-0.1, -0.05) is 61.9 Å². The van der Waals surface area contributed by atoms with E-state index in [-0.39, 0.29) is 0 Å². The molecule has 1 aromatic heterocycles. The van der Waals surface area contributed by atoms with Gasteiger partial charge in [-0.05, 0) is 84.0 Å². The van der Waals surface area contributed by atoms with Crippen molar-refractivity contribution in [1.82, 2.24) is 4.98 Å². The molecule has 0 spiro atoms. The van der Waals surface area contributed by atoms with Gasteiger partial charge in [0.1, 0.15) is 11.7 Å². The van der Waals surface area contributed by atoms with Crippen molar-refractivity contribution in [3.05, 3.63) is 83.7 Å².